The molecule has 0 N–H and O–H groups in total. The standard InChI is InChI=1S/C12H12N3O/c1-8-11-10-6-4-3-5-9(10)7-13-12(11)15(16)14(8)2/h3-8H,1-2H3/q+1. The van der Waals surface area contributed by atoms with Crippen molar-refractivity contribution < 1.29 is 4.87 Å². The summed E-state index contributed by atoms with van der Waals surface area (Å²) in [5, 5.41) is 3.85. The van der Waals surface area contributed by atoms with Gasteiger partial charge in [0.2, 0.25) is 0 Å². The van der Waals surface area contributed by atoms with Crippen molar-refractivity contribution in [3.05, 3.63) is 40.9 Å². The molecule has 0 saturated heterocycles. The van der Waals surface area contributed by atoms with Gasteiger partial charge in [0.1, 0.15) is 6.20 Å². The summed E-state index contributed by atoms with van der Waals surface area (Å²) in [6, 6.07) is 8.10. The molecule has 3 rings (SSSR count). The highest BCUT2D eigenvalue weighted by Gasteiger charge is 2.40. The van der Waals surface area contributed by atoms with Gasteiger partial charge in [-0.05, 0) is 22.2 Å². The van der Waals surface area contributed by atoms with Crippen molar-refractivity contribution in [2.45, 2.75) is 13.0 Å². The maximum atomic E-state index is 11.8. The molecule has 16 heavy (non-hydrogen) atoms. The zero-order valence-electron chi connectivity index (χ0n) is 9.21. The van der Waals surface area contributed by atoms with Crippen LogP contribution in [-0.2, 0) is 0 Å². The molecule has 0 fully saturated rings. The van der Waals surface area contributed by atoms with Crippen LogP contribution >= 0.6 is 0 Å². The Labute approximate surface area is 93.1 Å². The SMILES string of the molecule is CC1c2c(ncc3ccccc23)[N+](=O)N1C. The smallest absolute Gasteiger partial charge is 0.200 e. The van der Waals surface area contributed by atoms with Crippen LogP contribution < -0.4 is 0 Å². The van der Waals surface area contributed by atoms with Crippen LogP contribution in [0.25, 0.3) is 10.8 Å². The van der Waals surface area contributed by atoms with Crippen molar-refractivity contribution in [2.75, 3.05) is 7.05 Å². The van der Waals surface area contributed by atoms with Gasteiger partial charge >= 0.3 is 5.82 Å². The Bertz CT molecular complexity index is 594. The topological polar surface area (TPSA) is 36.2 Å². The van der Waals surface area contributed by atoms with Gasteiger partial charge in [-0.25, -0.2) is 5.01 Å². The molecule has 2 heterocycles. The van der Waals surface area contributed by atoms with Crippen molar-refractivity contribution in [1.29, 1.82) is 0 Å². The quantitative estimate of drug-likeness (QED) is 0.632. The molecule has 2 aromatic rings. The Morgan fingerprint density at radius 2 is 2.12 bits per heavy atom. The van der Waals surface area contributed by atoms with E-state index in [9.17, 15) is 4.91 Å². The molecule has 0 aliphatic carbocycles. The molecule has 0 spiro atoms. The fraction of sp³-hybridized carbons (Fsp3) is 0.250. The summed E-state index contributed by atoms with van der Waals surface area (Å²) in [5.41, 5.74) is 1.02. The lowest BCUT2D eigenvalue weighted by Crippen LogP contribution is -2.21. The predicted octanol–water partition coefficient (Wildman–Crippen LogP) is 2.57. The number of rotatable bonds is 0. The van der Waals surface area contributed by atoms with Gasteiger partial charge in [-0.15, -0.1) is 0 Å². The van der Waals surface area contributed by atoms with Crippen molar-refractivity contribution >= 4 is 16.6 Å². The Morgan fingerprint density at radius 1 is 1.38 bits per heavy atom. The molecule has 0 amide bonds. The lowest BCUT2D eigenvalue weighted by Gasteiger charge is -2.10. The van der Waals surface area contributed by atoms with Crippen molar-refractivity contribution in [1.82, 2.24) is 9.99 Å². The van der Waals surface area contributed by atoms with Crippen LogP contribution in [0.3, 0.4) is 0 Å². The third-order valence-electron chi connectivity index (χ3n) is 3.26. The first-order chi connectivity index (χ1) is 7.70. The fourth-order valence-corrected chi connectivity index (χ4v) is 2.23. The van der Waals surface area contributed by atoms with E-state index >= 15 is 0 Å². The number of hydrogen-bond acceptors (Lipinski definition) is 2. The summed E-state index contributed by atoms with van der Waals surface area (Å²) >= 11 is 0. The summed E-state index contributed by atoms with van der Waals surface area (Å²) < 4.78 is 0. The minimum atomic E-state index is 0.0751. The zero-order valence-corrected chi connectivity index (χ0v) is 9.21. The number of fused-ring (bicyclic) bond motifs is 3. The number of pyridine rings is 1. The maximum Gasteiger partial charge on any atom is 0.394 e. The Kier molecular flexibility index (Phi) is 1.74. The number of hydrogen-bond donors (Lipinski definition) is 0. The predicted molar refractivity (Wildman–Crippen MR) is 61.2 cm³/mol. The first-order valence-corrected chi connectivity index (χ1v) is 5.28. The normalized spacial score (nSPS) is 19.2. The van der Waals surface area contributed by atoms with Gasteiger partial charge in [0, 0.05) is 12.4 Å². The van der Waals surface area contributed by atoms with Crippen molar-refractivity contribution in [2.24, 2.45) is 0 Å². The molecular weight excluding hydrogens is 202 g/mol. The zero-order chi connectivity index (χ0) is 11.3. The van der Waals surface area contributed by atoms with E-state index < -0.39 is 0 Å². The molecule has 1 aliphatic rings. The molecular formula is C12H12N3O+. The van der Waals surface area contributed by atoms with Gasteiger partial charge in [0.15, 0.2) is 0 Å². The van der Waals surface area contributed by atoms with E-state index in [-0.39, 0.29) is 6.04 Å². The number of nitroso groups, excluding NO2 is 1. The molecule has 0 radical (unpaired) electrons. The van der Waals surface area contributed by atoms with E-state index in [0.717, 1.165) is 21.2 Å². The molecule has 1 atom stereocenters. The summed E-state index contributed by atoms with van der Waals surface area (Å²) in [6.07, 6.45) is 1.75. The number of aromatic nitrogens is 1. The minimum Gasteiger partial charge on any atom is -0.200 e. The number of nitrogens with zero attached hydrogens (tertiary/aromatic N) is 3. The van der Waals surface area contributed by atoms with E-state index in [1.54, 1.807) is 18.3 Å². The van der Waals surface area contributed by atoms with E-state index in [1.807, 2.05) is 31.2 Å². The summed E-state index contributed by atoms with van der Waals surface area (Å²) in [4.78, 5) is 16.9. The molecule has 1 aliphatic heterocycles. The molecule has 4 heteroatoms. The van der Waals surface area contributed by atoms with Crippen LogP contribution in [0.5, 0.6) is 0 Å². The summed E-state index contributed by atoms with van der Waals surface area (Å²) in [5.74, 6) is 0.522. The number of hydrazine groups is 1. The first-order valence-electron chi connectivity index (χ1n) is 5.28. The number of benzene rings is 1. The molecule has 1 aromatic heterocycles. The second kappa shape index (κ2) is 3.01. The van der Waals surface area contributed by atoms with Crippen LogP contribution in [0.2, 0.25) is 0 Å². The third-order valence-corrected chi connectivity index (χ3v) is 3.26. The van der Waals surface area contributed by atoms with Gasteiger partial charge in [-0.2, -0.15) is 0 Å². The van der Waals surface area contributed by atoms with Crippen molar-refractivity contribution in [3.8, 4) is 0 Å². The Balaban J connectivity index is 2.41. The monoisotopic (exact) mass is 214 g/mol. The lowest BCUT2D eigenvalue weighted by molar-refractivity contribution is -0.634. The van der Waals surface area contributed by atoms with Crippen LogP contribution in [0.4, 0.5) is 5.82 Å². The highest BCUT2D eigenvalue weighted by molar-refractivity contribution is 5.87. The van der Waals surface area contributed by atoms with Gasteiger partial charge in [0.05, 0.1) is 16.5 Å². The molecule has 0 saturated carbocycles. The van der Waals surface area contributed by atoms with E-state index in [2.05, 4.69) is 4.98 Å². The average molecular weight is 214 g/mol. The summed E-state index contributed by atoms with van der Waals surface area (Å²) in [6.45, 7) is 2.02. The molecule has 80 valence electrons. The third kappa shape index (κ3) is 1.01. The molecule has 1 aromatic carbocycles. The molecule has 1 unspecified atom stereocenters. The molecule has 4 nitrogen and oxygen atoms in total. The summed E-state index contributed by atoms with van der Waals surface area (Å²) in [7, 11) is 1.79. The van der Waals surface area contributed by atoms with Crippen LogP contribution in [0.15, 0.2) is 30.5 Å². The van der Waals surface area contributed by atoms with E-state index in [4.69, 9.17) is 0 Å². The second-order valence-electron chi connectivity index (χ2n) is 4.11. The average Bonchev–Trinajstić information content (AvgIpc) is 2.55. The van der Waals surface area contributed by atoms with Crippen molar-refractivity contribution in [3.63, 3.8) is 0 Å². The largest absolute Gasteiger partial charge is 0.394 e. The van der Waals surface area contributed by atoms with Crippen LogP contribution in [0, 0.1) is 4.91 Å². The highest BCUT2D eigenvalue weighted by Crippen LogP contribution is 2.39. The van der Waals surface area contributed by atoms with Gasteiger partial charge in [-0.1, -0.05) is 24.3 Å². The van der Waals surface area contributed by atoms with Crippen LogP contribution in [0.1, 0.15) is 18.5 Å². The highest BCUT2D eigenvalue weighted by atomic mass is 16.3. The molecule has 0 bridgehead atoms. The van der Waals surface area contributed by atoms with E-state index in [1.165, 1.54) is 0 Å². The maximum absolute atomic E-state index is 11.8. The van der Waals surface area contributed by atoms with Gasteiger partial charge < -0.3 is 0 Å². The Morgan fingerprint density at radius 3 is 2.94 bits per heavy atom. The minimum absolute atomic E-state index is 0.0751. The fourth-order valence-electron chi connectivity index (χ4n) is 2.23. The second-order valence-corrected chi connectivity index (χ2v) is 4.11. The van der Waals surface area contributed by atoms with E-state index in [0.29, 0.717) is 5.82 Å². The lowest BCUT2D eigenvalue weighted by atomic mass is 10.0. The van der Waals surface area contributed by atoms with Crippen LogP contribution in [-0.4, -0.2) is 21.9 Å². The van der Waals surface area contributed by atoms with Gasteiger partial charge in [0.25, 0.3) is 0 Å². The van der Waals surface area contributed by atoms with Gasteiger partial charge in [-0.3, -0.25) is 0 Å². The Hall–Kier alpha value is -1.97. The first kappa shape index (κ1) is 9.27.